The number of carbonyl (C=O) groups is 2. The minimum atomic E-state index is -1.27. The molecule has 18 heavy (non-hydrogen) atoms. The molecule has 0 aliphatic carbocycles. The van der Waals surface area contributed by atoms with Crippen LogP contribution >= 0.6 is 0 Å². The first-order chi connectivity index (χ1) is 8.47. The molecule has 0 heterocycles. The van der Waals surface area contributed by atoms with Crippen molar-refractivity contribution in [2.45, 2.75) is 26.7 Å². The van der Waals surface area contributed by atoms with Crippen molar-refractivity contribution in [2.24, 2.45) is 5.92 Å². The number of para-hydroxylation sites is 1. The first-order valence-electron chi connectivity index (χ1n) is 5.80. The molecule has 0 saturated heterocycles. The molecule has 1 atom stereocenters. The van der Waals surface area contributed by atoms with Crippen LogP contribution in [0.5, 0.6) is 0 Å². The number of benzene rings is 1. The summed E-state index contributed by atoms with van der Waals surface area (Å²) in [6, 6.07) is 3.67. The Balaban J connectivity index is 2.96. The number of carboxylic acid groups (broad SMARTS) is 1. The number of anilines is 1. The Kier molecular flexibility index (Phi) is 4.83. The van der Waals surface area contributed by atoms with Gasteiger partial charge in [0.25, 0.3) is 0 Å². The molecule has 1 rings (SSSR count). The number of halogens is 1. The summed E-state index contributed by atoms with van der Waals surface area (Å²) in [5, 5.41) is 11.3. The Morgan fingerprint density at radius 3 is 2.67 bits per heavy atom. The first-order valence-corrected chi connectivity index (χ1v) is 5.80. The van der Waals surface area contributed by atoms with Gasteiger partial charge in [-0.3, -0.25) is 4.79 Å². The van der Waals surface area contributed by atoms with E-state index < -0.39 is 11.8 Å². The zero-order valence-corrected chi connectivity index (χ0v) is 10.4. The summed E-state index contributed by atoms with van der Waals surface area (Å²) in [5.41, 5.74) is -0.509. The van der Waals surface area contributed by atoms with Crippen LogP contribution in [-0.2, 0) is 4.79 Å². The molecule has 1 unspecified atom stereocenters. The number of rotatable bonds is 5. The molecule has 0 aliphatic heterocycles. The third kappa shape index (κ3) is 3.29. The number of aromatic carboxylic acids is 1. The van der Waals surface area contributed by atoms with Gasteiger partial charge in [-0.05, 0) is 18.6 Å². The molecule has 2 N–H and O–H groups in total. The second-order valence-corrected chi connectivity index (χ2v) is 4.15. The van der Waals surface area contributed by atoms with Gasteiger partial charge in [-0.1, -0.05) is 26.3 Å². The third-order valence-electron chi connectivity index (χ3n) is 2.66. The lowest BCUT2D eigenvalue weighted by atomic mass is 10.0. The summed E-state index contributed by atoms with van der Waals surface area (Å²) in [6.07, 6.45) is 1.50. The van der Waals surface area contributed by atoms with Gasteiger partial charge in [-0.15, -0.1) is 0 Å². The molecule has 0 aromatic heterocycles. The summed E-state index contributed by atoms with van der Waals surface area (Å²) >= 11 is 0. The molecule has 4 nitrogen and oxygen atoms in total. The van der Waals surface area contributed by atoms with E-state index in [4.69, 9.17) is 5.11 Å². The van der Waals surface area contributed by atoms with E-state index in [0.29, 0.717) is 6.42 Å². The molecule has 1 aromatic carbocycles. The maximum atomic E-state index is 13.5. The van der Waals surface area contributed by atoms with Crippen LogP contribution in [0.25, 0.3) is 0 Å². The molecule has 0 spiro atoms. The normalized spacial score (nSPS) is 11.9. The van der Waals surface area contributed by atoms with Crippen molar-refractivity contribution in [2.75, 3.05) is 5.32 Å². The molecule has 0 radical (unpaired) electrons. The van der Waals surface area contributed by atoms with E-state index in [0.717, 1.165) is 12.5 Å². The van der Waals surface area contributed by atoms with Crippen LogP contribution in [-0.4, -0.2) is 17.0 Å². The molecular formula is C13H16FNO3. The summed E-state index contributed by atoms with van der Waals surface area (Å²) in [4.78, 5) is 22.7. The van der Waals surface area contributed by atoms with E-state index in [1.54, 1.807) is 6.92 Å². The van der Waals surface area contributed by atoms with Crippen molar-refractivity contribution in [3.8, 4) is 0 Å². The molecule has 0 fully saturated rings. The molecule has 0 saturated carbocycles. The summed E-state index contributed by atoms with van der Waals surface area (Å²) in [7, 11) is 0. The van der Waals surface area contributed by atoms with Crippen molar-refractivity contribution in [3.63, 3.8) is 0 Å². The minimum absolute atomic E-state index is 0.243. The van der Waals surface area contributed by atoms with Crippen LogP contribution in [0.4, 0.5) is 10.1 Å². The van der Waals surface area contributed by atoms with Crippen molar-refractivity contribution >= 4 is 17.6 Å². The highest BCUT2D eigenvalue weighted by atomic mass is 19.1. The van der Waals surface area contributed by atoms with E-state index in [1.807, 2.05) is 6.92 Å². The van der Waals surface area contributed by atoms with Crippen molar-refractivity contribution in [1.29, 1.82) is 0 Å². The quantitative estimate of drug-likeness (QED) is 0.847. The van der Waals surface area contributed by atoms with E-state index in [1.165, 1.54) is 12.1 Å². The van der Waals surface area contributed by atoms with Crippen LogP contribution in [0.2, 0.25) is 0 Å². The fourth-order valence-corrected chi connectivity index (χ4v) is 1.64. The second-order valence-electron chi connectivity index (χ2n) is 4.15. The van der Waals surface area contributed by atoms with Crippen LogP contribution in [0.3, 0.4) is 0 Å². The average Bonchev–Trinajstić information content (AvgIpc) is 2.31. The molecule has 0 aliphatic rings. The van der Waals surface area contributed by atoms with Gasteiger partial charge in [0.2, 0.25) is 5.91 Å². The first kappa shape index (κ1) is 14.2. The molecule has 0 bridgehead atoms. The largest absolute Gasteiger partial charge is 0.478 e. The Morgan fingerprint density at radius 1 is 1.44 bits per heavy atom. The fourth-order valence-electron chi connectivity index (χ4n) is 1.64. The van der Waals surface area contributed by atoms with E-state index in [-0.39, 0.29) is 23.1 Å². The second kappa shape index (κ2) is 6.14. The van der Waals surface area contributed by atoms with Crippen LogP contribution in [0.1, 0.15) is 37.0 Å². The Morgan fingerprint density at radius 2 is 2.11 bits per heavy atom. The zero-order chi connectivity index (χ0) is 13.7. The lowest BCUT2D eigenvalue weighted by Gasteiger charge is -2.13. The number of hydrogen-bond acceptors (Lipinski definition) is 2. The Hall–Kier alpha value is -1.91. The number of amides is 1. The van der Waals surface area contributed by atoms with Crippen molar-refractivity contribution in [1.82, 2.24) is 0 Å². The number of hydrogen-bond donors (Lipinski definition) is 2. The lowest BCUT2D eigenvalue weighted by Crippen LogP contribution is -2.22. The predicted octanol–water partition coefficient (Wildman–Crippen LogP) is 2.90. The van der Waals surface area contributed by atoms with E-state index >= 15 is 0 Å². The standard InChI is InChI=1S/C13H16FNO3/c1-3-5-8(2)12(16)15-11-9(13(17)18)6-4-7-10(11)14/h4,6-8H,3,5H2,1-2H3,(H,15,16)(H,17,18). The Bertz CT molecular complexity index is 460. The maximum Gasteiger partial charge on any atom is 0.337 e. The monoisotopic (exact) mass is 253 g/mol. The number of carboxylic acids is 1. The summed E-state index contributed by atoms with van der Waals surface area (Å²) in [6.45, 7) is 3.66. The van der Waals surface area contributed by atoms with Crippen LogP contribution < -0.4 is 5.32 Å². The minimum Gasteiger partial charge on any atom is -0.478 e. The lowest BCUT2D eigenvalue weighted by molar-refractivity contribution is -0.119. The van der Waals surface area contributed by atoms with Gasteiger partial charge in [0, 0.05) is 5.92 Å². The summed E-state index contributed by atoms with van der Waals surface area (Å²) < 4.78 is 13.5. The van der Waals surface area contributed by atoms with Crippen molar-refractivity contribution < 1.29 is 19.1 Å². The predicted molar refractivity (Wildman–Crippen MR) is 66.1 cm³/mol. The van der Waals surface area contributed by atoms with Gasteiger partial charge in [-0.2, -0.15) is 0 Å². The zero-order valence-electron chi connectivity index (χ0n) is 10.4. The molecule has 1 aromatic rings. The maximum absolute atomic E-state index is 13.5. The van der Waals surface area contributed by atoms with Crippen LogP contribution in [0.15, 0.2) is 18.2 Å². The van der Waals surface area contributed by atoms with Crippen molar-refractivity contribution in [3.05, 3.63) is 29.6 Å². The average molecular weight is 253 g/mol. The number of carbonyl (C=O) groups excluding carboxylic acids is 1. The third-order valence-corrected chi connectivity index (χ3v) is 2.66. The number of nitrogens with one attached hydrogen (secondary N) is 1. The molecule has 5 heteroatoms. The highest BCUT2D eigenvalue weighted by molar-refractivity contribution is 6.01. The summed E-state index contributed by atoms with van der Waals surface area (Å²) in [5.74, 6) is -2.67. The molecular weight excluding hydrogens is 237 g/mol. The topological polar surface area (TPSA) is 66.4 Å². The molecule has 1 amide bonds. The highest BCUT2D eigenvalue weighted by Gasteiger charge is 2.19. The van der Waals surface area contributed by atoms with E-state index in [2.05, 4.69) is 5.32 Å². The van der Waals surface area contributed by atoms with E-state index in [9.17, 15) is 14.0 Å². The van der Waals surface area contributed by atoms with Gasteiger partial charge in [0.1, 0.15) is 5.82 Å². The van der Waals surface area contributed by atoms with Gasteiger partial charge in [0.15, 0.2) is 0 Å². The van der Waals surface area contributed by atoms with Gasteiger partial charge in [-0.25, -0.2) is 9.18 Å². The van der Waals surface area contributed by atoms with Crippen LogP contribution in [0, 0.1) is 11.7 Å². The van der Waals surface area contributed by atoms with Gasteiger partial charge < -0.3 is 10.4 Å². The van der Waals surface area contributed by atoms with Gasteiger partial charge in [0.05, 0.1) is 11.3 Å². The van der Waals surface area contributed by atoms with Gasteiger partial charge >= 0.3 is 5.97 Å². The smallest absolute Gasteiger partial charge is 0.337 e. The fraction of sp³-hybridized carbons (Fsp3) is 0.385. The SMILES string of the molecule is CCCC(C)C(=O)Nc1c(F)cccc1C(=O)O. The Labute approximate surface area is 105 Å². The molecule has 98 valence electrons. The highest BCUT2D eigenvalue weighted by Crippen LogP contribution is 2.21.